The van der Waals surface area contributed by atoms with Crippen LogP contribution in [0.15, 0.2) is 28.3 Å². The summed E-state index contributed by atoms with van der Waals surface area (Å²) in [5.41, 5.74) is 6.66. The molecule has 1 heterocycles. The number of anilines is 1. The zero-order valence-electron chi connectivity index (χ0n) is 9.08. The van der Waals surface area contributed by atoms with Crippen molar-refractivity contribution in [1.29, 1.82) is 5.26 Å². The number of nitrogen functional groups attached to an aromatic ring is 2. The summed E-state index contributed by atoms with van der Waals surface area (Å²) >= 11 is 1.28. The second-order valence-electron chi connectivity index (χ2n) is 3.37. The topological polar surface area (TPSA) is 107 Å². The van der Waals surface area contributed by atoms with Crippen molar-refractivity contribution in [3.05, 3.63) is 29.6 Å². The maximum absolute atomic E-state index is 9.00. The maximum atomic E-state index is 9.00. The molecule has 7 heteroatoms. The molecule has 0 bridgehead atoms. The molecule has 1 aromatic carbocycles. The van der Waals surface area contributed by atoms with Crippen LogP contribution in [0.1, 0.15) is 11.4 Å². The summed E-state index contributed by atoms with van der Waals surface area (Å²) in [5, 5.41) is 17.3. The zero-order valence-corrected chi connectivity index (χ0v) is 9.90. The molecule has 0 fully saturated rings. The van der Waals surface area contributed by atoms with Crippen LogP contribution in [0.2, 0.25) is 0 Å². The Balaban J connectivity index is 2.37. The summed E-state index contributed by atoms with van der Waals surface area (Å²) < 4.78 is 1.38. The van der Waals surface area contributed by atoms with Crippen LogP contribution in [0.3, 0.4) is 0 Å². The lowest BCUT2D eigenvalue weighted by Crippen LogP contribution is -2.11. The fourth-order valence-electron chi connectivity index (χ4n) is 1.24. The van der Waals surface area contributed by atoms with Crippen LogP contribution >= 0.6 is 11.8 Å². The first kappa shape index (κ1) is 11.3. The number of rotatable bonds is 2. The zero-order chi connectivity index (χ0) is 12.4. The lowest BCUT2D eigenvalue weighted by atomic mass is 10.2. The van der Waals surface area contributed by atoms with E-state index in [-0.39, 0.29) is 0 Å². The molecule has 0 amide bonds. The first-order valence-corrected chi connectivity index (χ1v) is 5.58. The molecule has 0 saturated carbocycles. The fraction of sp³-hybridized carbons (Fsp3) is 0.100. The third-order valence-corrected chi connectivity index (χ3v) is 3.20. The average molecular weight is 246 g/mol. The molecule has 0 atom stereocenters. The van der Waals surface area contributed by atoms with Gasteiger partial charge in [0, 0.05) is 10.6 Å². The third-order valence-electron chi connectivity index (χ3n) is 2.16. The van der Waals surface area contributed by atoms with E-state index in [1.54, 1.807) is 25.1 Å². The highest BCUT2D eigenvalue weighted by Crippen LogP contribution is 2.29. The number of aromatic nitrogens is 3. The van der Waals surface area contributed by atoms with Gasteiger partial charge in [-0.1, -0.05) is 0 Å². The van der Waals surface area contributed by atoms with E-state index in [1.165, 1.54) is 16.4 Å². The van der Waals surface area contributed by atoms with Crippen molar-refractivity contribution < 1.29 is 0 Å². The van der Waals surface area contributed by atoms with Gasteiger partial charge in [0.15, 0.2) is 0 Å². The highest BCUT2D eigenvalue weighted by Gasteiger charge is 2.11. The first-order chi connectivity index (χ1) is 8.11. The summed E-state index contributed by atoms with van der Waals surface area (Å²) in [5.74, 6) is 6.35. The van der Waals surface area contributed by atoms with E-state index in [4.69, 9.17) is 16.8 Å². The Morgan fingerprint density at radius 1 is 1.41 bits per heavy atom. The third kappa shape index (κ3) is 2.16. The van der Waals surface area contributed by atoms with Crippen molar-refractivity contribution in [3.8, 4) is 6.07 Å². The Labute approximate surface area is 102 Å². The number of aryl methyl sites for hydroxylation is 1. The van der Waals surface area contributed by atoms with E-state index >= 15 is 0 Å². The Morgan fingerprint density at radius 3 is 2.76 bits per heavy atom. The Kier molecular flexibility index (Phi) is 2.89. The lowest BCUT2D eigenvalue weighted by Gasteiger charge is -2.04. The number of benzene rings is 1. The number of hydrogen-bond acceptors (Lipinski definition) is 6. The molecule has 1 aromatic heterocycles. The summed E-state index contributed by atoms with van der Waals surface area (Å²) in [6.45, 7) is 1.76. The number of nitrogens with two attached hydrogens (primary N) is 2. The minimum Gasteiger partial charge on any atom is -0.399 e. The molecule has 6 nitrogen and oxygen atoms in total. The van der Waals surface area contributed by atoms with Gasteiger partial charge in [-0.05, 0) is 36.9 Å². The van der Waals surface area contributed by atoms with Gasteiger partial charge < -0.3 is 11.6 Å². The van der Waals surface area contributed by atoms with Gasteiger partial charge in [0.1, 0.15) is 11.9 Å². The Hall–Kier alpha value is -2.20. The van der Waals surface area contributed by atoms with E-state index in [0.29, 0.717) is 22.2 Å². The van der Waals surface area contributed by atoms with Crippen molar-refractivity contribution >= 4 is 17.4 Å². The van der Waals surface area contributed by atoms with Gasteiger partial charge in [0.2, 0.25) is 5.16 Å². The van der Waals surface area contributed by atoms with Gasteiger partial charge in [-0.15, -0.1) is 10.2 Å². The maximum Gasteiger partial charge on any atom is 0.214 e. The van der Waals surface area contributed by atoms with Gasteiger partial charge in [0.25, 0.3) is 0 Å². The minimum absolute atomic E-state index is 0.496. The molecule has 4 N–H and O–H groups in total. The second kappa shape index (κ2) is 4.35. The van der Waals surface area contributed by atoms with Gasteiger partial charge in [0.05, 0.1) is 5.56 Å². The second-order valence-corrected chi connectivity index (χ2v) is 4.38. The fourth-order valence-corrected chi connectivity index (χ4v) is 2.10. The van der Waals surface area contributed by atoms with E-state index in [0.717, 1.165) is 4.90 Å². The van der Waals surface area contributed by atoms with Crippen LogP contribution < -0.4 is 11.6 Å². The van der Waals surface area contributed by atoms with Crippen molar-refractivity contribution in [3.63, 3.8) is 0 Å². The standard InChI is InChI=1S/C10H10N6S/c1-6-14-15-10(16(6)13)17-9-3-2-8(12)4-7(9)5-11/h2-4H,12-13H2,1H3. The van der Waals surface area contributed by atoms with E-state index in [2.05, 4.69) is 16.3 Å². The molecule has 0 spiro atoms. The number of hydrogen-bond donors (Lipinski definition) is 2. The highest BCUT2D eigenvalue weighted by molar-refractivity contribution is 7.99. The van der Waals surface area contributed by atoms with Gasteiger partial charge in [-0.3, -0.25) is 0 Å². The quantitative estimate of drug-likeness (QED) is 0.602. The number of nitriles is 1. The van der Waals surface area contributed by atoms with Crippen LogP contribution in [-0.4, -0.2) is 14.9 Å². The largest absolute Gasteiger partial charge is 0.399 e. The summed E-state index contributed by atoms with van der Waals surface area (Å²) in [4.78, 5) is 0.751. The van der Waals surface area contributed by atoms with E-state index in [9.17, 15) is 0 Å². The van der Waals surface area contributed by atoms with Crippen LogP contribution in [0.5, 0.6) is 0 Å². The molecule has 2 rings (SSSR count). The van der Waals surface area contributed by atoms with Crippen molar-refractivity contribution in [2.45, 2.75) is 17.0 Å². The SMILES string of the molecule is Cc1nnc(Sc2ccc(N)cc2C#N)n1N. The van der Waals surface area contributed by atoms with Crippen molar-refractivity contribution in [2.75, 3.05) is 11.6 Å². The van der Waals surface area contributed by atoms with E-state index in [1.807, 2.05) is 0 Å². The number of nitrogens with zero attached hydrogens (tertiary/aromatic N) is 4. The van der Waals surface area contributed by atoms with E-state index < -0.39 is 0 Å². The molecular weight excluding hydrogens is 236 g/mol. The van der Waals surface area contributed by atoms with Crippen LogP contribution in [0, 0.1) is 18.3 Å². The van der Waals surface area contributed by atoms with Crippen molar-refractivity contribution in [1.82, 2.24) is 14.9 Å². The van der Waals surface area contributed by atoms with Gasteiger partial charge in [-0.25, -0.2) is 4.68 Å². The molecule has 0 saturated heterocycles. The molecule has 0 aliphatic rings. The predicted molar refractivity (Wildman–Crippen MR) is 64.6 cm³/mol. The van der Waals surface area contributed by atoms with Crippen LogP contribution in [0.4, 0.5) is 5.69 Å². The summed E-state index contributed by atoms with van der Waals surface area (Å²) in [6.07, 6.45) is 0. The van der Waals surface area contributed by atoms with Crippen molar-refractivity contribution in [2.24, 2.45) is 0 Å². The highest BCUT2D eigenvalue weighted by atomic mass is 32.2. The molecule has 17 heavy (non-hydrogen) atoms. The van der Waals surface area contributed by atoms with Crippen LogP contribution in [-0.2, 0) is 0 Å². The lowest BCUT2D eigenvalue weighted by molar-refractivity contribution is 0.825. The molecule has 0 radical (unpaired) electrons. The normalized spacial score (nSPS) is 10.1. The average Bonchev–Trinajstić information content (AvgIpc) is 2.63. The smallest absolute Gasteiger partial charge is 0.214 e. The Morgan fingerprint density at radius 2 is 2.18 bits per heavy atom. The predicted octanol–water partition coefficient (Wildman–Crippen LogP) is 0.905. The molecular formula is C10H10N6S. The molecule has 0 aliphatic heterocycles. The molecule has 86 valence electrons. The van der Waals surface area contributed by atoms with Gasteiger partial charge >= 0.3 is 0 Å². The monoisotopic (exact) mass is 246 g/mol. The van der Waals surface area contributed by atoms with Crippen LogP contribution in [0.25, 0.3) is 0 Å². The summed E-state index contributed by atoms with van der Waals surface area (Å²) in [7, 11) is 0. The van der Waals surface area contributed by atoms with Gasteiger partial charge in [-0.2, -0.15) is 5.26 Å². The molecule has 0 unspecified atom stereocenters. The molecule has 0 aliphatic carbocycles. The first-order valence-electron chi connectivity index (χ1n) is 4.76. The Bertz CT molecular complexity index is 597. The molecule has 2 aromatic rings. The minimum atomic E-state index is 0.496. The summed E-state index contributed by atoms with van der Waals surface area (Å²) in [6, 6.07) is 7.20.